The summed E-state index contributed by atoms with van der Waals surface area (Å²) >= 11 is 0. The van der Waals surface area contributed by atoms with Gasteiger partial charge in [-0.05, 0) is 30.7 Å². The Morgan fingerprint density at radius 1 is 1.06 bits per heavy atom. The molecule has 0 bridgehead atoms. The molecule has 1 aromatic heterocycles. The van der Waals surface area contributed by atoms with Gasteiger partial charge in [-0.1, -0.05) is 12.1 Å². The molecule has 1 aliphatic rings. The maximum atomic E-state index is 13.0. The predicted octanol–water partition coefficient (Wildman–Crippen LogP) is 5.77. The molecule has 188 valence electrons. The van der Waals surface area contributed by atoms with Crippen molar-refractivity contribution in [1.82, 2.24) is 9.97 Å². The SMILES string of the molecule is COc1cc2nc(C)nc(NCc3cccc(C(F)(F)F)c3)c2cc1OCCOC1CC(F)(F)C1. The second-order valence-corrected chi connectivity index (χ2v) is 8.30. The summed E-state index contributed by atoms with van der Waals surface area (Å²) in [7, 11) is 1.47. The predicted molar refractivity (Wildman–Crippen MR) is 119 cm³/mol. The Morgan fingerprint density at radius 2 is 1.83 bits per heavy atom. The number of anilines is 1. The Hall–Kier alpha value is -3.21. The van der Waals surface area contributed by atoms with Crippen molar-refractivity contribution >= 4 is 16.7 Å². The zero-order valence-electron chi connectivity index (χ0n) is 19.1. The standard InChI is InChI=1S/C24H24F5N3O3/c1-14-31-19-10-20(33-2)21(35-7-6-34-17-11-23(25,26)12-17)9-18(19)22(32-14)30-13-15-4-3-5-16(8-15)24(27,28)29/h3-5,8-10,17H,6-7,11-13H2,1-2H3,(H,30,31,32). The number of fused-ring (bicyclic) bond motifs is 1. The molecule has 1 fully saturated rings. The summed E-state index contributed by atoms with van der Waals surface area (Å²) < 4.78 is 81.5. The molecule has 0 saturated heterocycles. The highest BCUT2D eigenvalue weighted by molar-refractivity contribution is 5.91. The molecule has 11 heteroatoms. The number of ether oxygens (including phenoxy) is 3. The molecule has 1 aliphatic carbocycles. The first-order valence-electron chi connectivity index (χ1n) is 10.9. The first kappa shape index (κ1) is 24.9. The Kier molecular flexibility index (Phi) is 6.98. The van der Waals surface area contributed by atoms with Crippen LogP contribution in [-0.2, 0) is 17.5 Å². The van der Waals surface area contributed by atoms with E-state index >= 15 is 0 Å². The summed E-state index contributed by atoms with van der Waals surface area (Å²) in [5, 5.41) is 3.66. The third-order valence-electron chi connectivity index (χ3n) is 5.55. The number of halogens is 5. The summed E-state index contributed by atoms with van der Waals surface area (Å²) in [5.41, 5.74) is 0.267. The van der Waals surface area contributed by atoms with E-state index in [1.165, 1.54) is 13.2 Å². The lowest BCUT2D eigenvalue weighted by Gasteiger charge is -2.34. The van der Waals surface area contributed by atoms with Gasteiger partial charge >= 0.3 is 6.18 Å². The van der Waals surface area contributed by atoms with Gasteiger partial charge in [0.2, 0.25) is 0 Å². The monoisotopic (exact) mass is 497 g/mol. The summed E-state index contributed by atoms with van der Waals surface area (Å²) in [6, 6.07) is 8.38. The van der Waals surface area contributed by atoms with Crippen molar-refractivity contribution < 1.29 is 36.2 Å². The number of hydrogen-bond donors (Lipinski definition) is 1. The van der Waals surface area contributed by atoms with E-state index in [-0.39, 0.29) is 32.6 Å². The highest BCUT2D eigenvalue weighted by atomic mass is 19.4. The average Bonchev–Trinajstić information content (AvgIpc) is 2.78. The quantitative estimate of drug-likeness (QED) is 0.299. The van der Waals surface area contributed by atoms with Crippen LogP contribution in [0.25, 0.3) is 10.9 Å². The van der Waals surface area contributed by atoms with Crippen LogP contribution in [0.5, 0.6) is 11.5 Å². The first-order valence-corrected chi connectivity index (χ1v) is 10.9. The number of alkyl halides is 5. The van der Waals surface area contributed by atoms with Crippen molar-refractivity contribution in [2.24, 2.45) is 0 Å². The van der Waals surface area contributed by atoms with Gasteiger partial charge < -0.3 is 19.5 Å². The van der Waals surface area contributed by atoms with Gasteiger partial charge in [0.1, 0.15) is 18.2 Å². The Morgan fingerprint density at radius 3 is 2.51 bits per heavy atom. The fraction of sp³-hybridized carbons (Fsp3) is 0.417. The second-order valence-electron chi connectivity index (χ2n) is 8.30. The highest BCUT2D eigenvalue weighted by Crippen LogP contribution is 2.39. The Labute approximate surface area is 198 Å². The van der Waals surface area contributed by atoms with Crippen LogP contribution in [0.3, 0.4) is 0 Å². The number of nitrogens with zero attached hydrogens (tertiary/aromatic N) is 2. The Balaban J connectivity index is 1.49. The van der Waals surface area contributed by atoms with E-state index in [0.29, 0.717) is 39.6 Å². The molecule has 35 heavy (non-hydrogen) atoms. The fourth-order valence-electron chi connectivity index (χ4n) is 3.79. The first-order chi connectivity index (χ1) is 16.5. The van der Waals surface area contributed by atoms with Crippen molar-refractivity contribution in [3.8, 4) is 11.5 Å². The highest BCUT2D eigenvalue weighted by Gasteiger charge is 2.46. The number of rotatable bonds is 9. The van der Waals surface area contributed by atoms with Gasteiger partial charge in [-0.3, -0.25) is 0 Å². The molecule has 4 rings (SSSR count). The molecule has 0 aliphatic heterocycles. The van der Waals surface area contributed by atoms with Crippen molar-refractivity contribution in [1.29, 1.82) is 0 Å². The maximum Gasteiger partial charge on any atom is 0.416 e. The van der Waals surface area contributed by atoms with E-state index < -0.39 is 23.8 Å². The van der Waals surface area contributed by atoms with Crippen LogP contribution in [0.15, 0.2) is 36.4 Å². The van der Waals surface area contributed by atoms with Crippen molar-refractivity contribution in [2.45, 2.75) is 44.5 Å². The number of nitrogens with one attached hydrogen (secondary N) is 1. The van der Waals surface area contributed by atoms with E-state index in [4.69, 9.17) is 14.2 Å². The van der Waals surface area contributed by atoms with Crippen LogP contribution < -0.4 is 14.8 Å². The largest absolute Gasteiger partial charge is 0.493 e. The molecular formula is C24H24F5N3O3. The number of aryl methyl sites for hydroxylation is 1. The van der Waals surface area contributed by atoms with Gasteiger partial charge in [-0.25, -0.2) is 18.7 Å². The van der Waals surface area contributed by atoms with E-state index in [2.05, 4.69) is 15.3 Å². The number of methoxy groups -OCH3 is 1. The van der Waals surface area contributed by atoms with Gasteiger partial charge in [0.25, 0.3) is 5.92 Å². The van der Waals surface area contributed by atoms with Gasteiger partial charge in [0.15, 0.2) is 11.5 Å². The zero-order chi connectivity index (χ0) is 25.2. The molecule has 0 amide bonds. The van der Waals surface area contributed by atoms with Crippen molar-refractivity contribution in [2.75, 3.05) is 25.6 Å². The molecule has 0 spiro atoms. The van der Waals surface area contributed by atoms with E-state index in [1.54, 1.807) is 25.1 Å². The molecule has 3 aromatic rings. The van der Waals surface area contributed by atoms with Crippen LogP contribution in [0.2, 0.25) is 0 Å². The summed E-state index contributed by atoms with van der Waals surface area (Å²) in [6.45, 7) is 2.06. The summed E-state index contributed by atoms with van der Waals surface area (Å²) in [6.07, 6.45) is -5.48. The molecule has 0 unspecified atom stereocenters. The van der Waals surface area contributed by atoms with Gasteiger partial charge in [0, 0.05) is 30.8 Å². The topological polar surface area (TPSA) is 65.5 Å². The van der Waals surface area contributed by atoms with Crippen LogP contribution >= 0.6 is 0 Å². The average molecular weight is 497 g/mol. The molecule has 6 nitrogen and oxygen atoms in total. The van der Waals surface area contributed by atoms with Crippen molar-refractivity contribution in [3.05, 3.63) is 53.3 Å². The van der Waals surface area contributed by atoms with Gasteiger partial charge in [-0.2, -0.15) is 13.2 Å². The number of aromatic nitrogens is 2. The van der Waals surface area contributed by atoms with Gasteiger partial charge in [0.05, 0.1) is 30.9 Å². The Bertz CT molecular complexity index is 1190. The van der Waals surface area contributed by atoms with Crippen LogP contribution in [-0.4, -0.2) is 42.3 Å². The fourth-order valence-corrected chi connectivity index (χ4v) is 3.79. The van der Waals surface area contributed by atoms with Crippen LogP contribution in [0, 0.1) is 6.92 Å². The summed E-state index contributed by atoms with van der Waals surface area (Å²) in [4.78, 5) is 8.81. The lowest BCUT2D eigenvalue weighted by Crippen LogP contribution is -2.41. The normalized spacial score (nSPS) is 15.6. The minimum atomic E-state index is -4.43. The smallest absolute Gasteiger partial charge is 0.416 e. The van der Waals surface area contributed by atoms with Gasteiger partial charge in [-0.15, -0.1) is 0 Å². The minimum absolute atomic E-state index is 0.109. The molecule has 0 atom stereocenters. The molecule has 1 saturated carbocycles. The minimum Gasteiger partial charge on any atom is -0.493 e. The third kappa shape index (κ3) is 6.08. The van der Waals surface area contributed by atoms with E-state index in [9.17, 15) is 22.0 Å². The number of hydrogen-bond acceptors (Lipinski definition) is 6. The third-order valence-corrected chi connectivity index (χ3v) is 5.55. The van der Waals surface area contributed by atoms with Crippen LogP contribution in [0.1, 0.15) is 29.8 Å². The molecule has 0 radical (unpaired) electrons. The van der Waals surface area contributed by atoms with Crippen LogP contribution in [0.4, 0.5) is 27.8 Å². The maximum absolute atomic E-state index is 13.0. The molecule has 1 heterocycles. The molecular weight excluding hydrogens is 473 g/mol. The lowest BCUT2D eigenvalue weighted by molar-refractivity contribution is -0.167. The van der Waals surface area contributed by atoms with E-state index in [1.807, 2.05) is 0 Å². The number of benzene rings is 2. The van der Waals surface area contributed by atoms with Crippen molar-refractivity contribution in [3.63, 3.8) is 0 Å². The second kappa shape index (κ2) is 9.80. The molecule has 2 aromatic carbocycles. The molecule has 1 N–H and O–H groups in total. The lowest BCUT2D eigenvalue weighted by atomic mass is 9.91. The zero-order valence-corrected chi connectivity index (χ0v) is 19.1. The summed E-state index contributed by atoms with van der Waals surface area (Å²) in [5.74, 6) is -0.981. The van der Waals surface area contributed by atoms with E-state index in [0.717, 1.165) is 12.1 Å².